The number of non-ortho nitro benzene ring substituents is 1. The SMILES string of the molecule is COCCCN(CC(=O)N(Cc1ccco1)Cc1cccn1C)S(=O)(=O)c1ccc([N+](=O)[O-])cc1. The lowest BCUT2D eigenvalue weighted by molar-refractivity contribution is -0.384. The minimum Gasteiger partial charge on any atom is -0.467 e. The predicted octanol–water partition coefficient (Wildman–Crippen LogP) is 2.78. The second-order valence-electron chi connectivity index (χ2n) is 7.88. The highest BCUT2D eigenvalue weighted by atomic mass is 32.2. The third kappa shape index (κ3) is 6.78. The second-order valence-corrected chi connectivity index (χ2v) is 9.81. The summed E-state index contributed by atoms with van der Waals surface area (Å²) in [5, 5.41) is 10.9. The number of aryl methyl sites for hydroxylation is 1. The van der Waals surface area contributed by atoms with Crippen LogP contribution in [0.2, 0.25) is 0 Å². The van der Waals surface area contributed by atoms with Crippen molar-refractivity contribution in [1.82, 2.24) is 13.8 Å². The quantitative estimate of drug-likeness (QED) is 0.199. The van der Waals surface area contributed by atoms with E-state index < -0.39 is 27.4 Å². The third-order valence-corrected chi connectivity index (χ3v) is 7.30. The first kappa shape index (κ1) is 26.1. The molecule has 0 fully saturated rings. The van der Waals surface area contributed by atoms with Gasteiger partial charge in [0.05, 0.1) is 35.7 Å². The summed E-state index contributed by atoms with van der Waals surface area (Å²) in [7, 11) is -0.738. The maximum absolute atomic E-state index is 13.4. The Balaban J connectivity index is 1.86. The van der Waals surface area contributed by atoms with Crippen molar-refractivity contribution >= 4 is 21.6 Å². The van der Waals surface area contributed by atoms with Crippen LogP contribution in [0.25, 0.3) is 0 Å². The number of benzene rings is 1. The number of carbonyl (C=O) groups excluding carboxylic acids is 1. The van der Waals surface area contributed by atoms with E-state index in [1.165, 1.54) is 30.4 Å². The number of hydrogen-bond donors (Lipinski definition) is 0. The molecule has 0 radical (unpaired) electrons. The highest BCUT2D eigenvalue weighted by Crippen LogP contribution is 2.21. The summed E-state index contributed by atoms with van der Waals surface area (Å²) in [4.78, 5) is 25.2. The Morgan fingerprint density at radius 2 is 1.89 bits per heavy atom. The lowest BCUT2D eigenvalue weighted by Crippen LogP contribution is -2.43. The molecule has 2 heterocycles. The maximum Gasteiger partial charge on any atom is 0.269 e. The normalized spacial score (nSPS) is 11.6. The number of methoxy groups -OCH3 is 1. The molecular weight excluding hydrogens is 476 g/mol. The van der Waals surface area contributed by atoms with Crippen molar-refractivity contribution in [2.45, 2.75) is 24.4 Å². The zero-order valence-corrected chi connectivity index (χ0v) is 20.4. The molecule has 0 aliphatic carbocycles. The molecule has 1 amide bonds. The van der Waals surface area contributed by atoms with Crippen molar-refractivity contribution in [2.75, 3.05) is 26.8 Å². The van der Waals surface area contributed by atoms with Gasteiger partial charge in [-0.1, -0.05) is 0 Å². The van der Waals surface area contributed by atoms with E-state index in [1.807, 2.05) is 29.9 Å². The largest absolute Gasteiger partial charge is 0.467 e. The molecule has 188 valence electrons. The standard InChI is InChI=1S/C23H28N4O7S/c1-24-12-3-6-20(24)16-25(17-21-7-4-15-34-21)23(28)18-26(13-5-14-33-2)35(31,32)22-10-8-19(9-11-22)27(29)30/h3-4,6-12,15H,5,13-14,16-18H2,1-2H3. The fraction of sp³-hybridized carbons (Fsp3) is 0.348. The van der Waals surface area contributed by atoms with Gasteiger partial charge in [0.15, 0.2) is 0 Å². The van der Waals surface area contributed by atoms with Crippen molar-refractivity contribution in [3.63, 3.8) is 0 Å². The Kier molecular flexibility index (Phi) is 8.79. The Bertz CT molecular complexity index is 1220. The first-order valence-corrected chi connectivity index (χ1v) is 12.3. The molecule has 11 nitrogen and oxygen atoms in total. The van der Waals surface area contributed by atoms with Gasteiger partial charge in [0.1, 0.15) is 5.76 Å². The van der Waals surface area contributed by atoms with E-state index in [-0.39, 0.29) is 30.2 Å². The van der Waals surface area contributed by atoms with Gasteiger partial charge in [0, 0.05) is 51.3 Å². The molecule has 0 aliphatic rings. The molecule has 3 aromatic rings. The van der Waals surface area contributed by atoms with Crippen molar-refractivity contribution < 1.29 is 27.3 Å². The van der Waals surface area contributed by atoms with E-state index in [0.29, 0.717) is 18.8 Å². The molecule has 0 bridgehead atoms. The average Bonchev–Trinajstić information content (AvgIpc) is 3.49. The van der Waals surface area contributed by atoms with E-state index >= 15 is 0 Å². The number of amides is 1. The van der Waals surface area contributed by atoms with Crippen LogP contribution in [-0.4, -0.2) is 59.8 Å². The van der Waals surface area contributed by atoms with Gasteiger partial charge in [-0.25, -0.2) is 8.42 Å². The Morgan fingerprint density at radius 3 is 2.46 bits per heavy atom. The summed E-state index contributed by atoms with van der Waals surface area (Å²) in [6.07, 6.45) is 3.74. The topological polar surface area (TPSA) is 128 Å². The van der Waals surface area contributed by atoms with Crippen LogP contribution in [0.4, 0.5) is 5.69 Å². The minimum atomic E-state index is -4.11. The first-order valence-electron chi connectivity index (χ1n) is 10.9. The van der Waals surface area contributed by atoms with Gasteiger partial charge in [-0.2, -0.15) is 4.31 Å². The molecule has 0 N–H and O–H groups in total. The van der Waals surface area contributed by atoms with Gasteiger partial charge in [-0.15, -0.1) is 0 Å². The summed E-state index contributed by atoms with van der Waals surface area (Å²) >= 11 is 0. The van der Waals surface area contributed by atoms with Crippen LogP contribution < -0.4 is 0 Å². The van der Waals surface area contributed by atoms with Crippen LogP contribution in [0.15, 0.2) is 70.3 Å². The number of nitro benzene ring substituents is 1. The fourth-order valence-electron chi connectivity index (χ4n) is 3.49. The van der Waals surface area contributed by atoms with E-state index in [4.69, 9.17) is 9.15 Å². The van der Waals surface area contributed by atoms with Crippen LogP contribution in [0.1, 0.15) is 17.9 Å². The number of hydrogen-bond acceptors (Lipinski definition) is 7. The van der Waals surface area contributed by atoms with Crippen LogP contribution >= 0.6 is 0 Å². The highest BCUT2D eigenvalue weighted by Gasteiger charge is 2.29. The van der Waals surface area contributed by atoms with Gasteiger partial charge in [0.25, 0.3) is 5.69 Å². The lowest BCUT2D eigenvalue weighted by Gasteiger charge is -2.27. The summed E-state index contributed by atoms with van der Waals surface area (Å²) in [5.41, 5.74) is 0.646. The summed E-state index contributed by atoms with van der Waals surface area (Å²) in [6.45, 7) is 0.360. The molecular formula is C23H28N4O7S. The number of rotatable bonds is 13. The van der Waals surface area contributed by atoms with Gasteiger partial charge in [-0.05, 0) is 42.8 Å². The number of nitrogens with zero attached hydrogens (tertiary/aromatic N) is 4. The van der Waals surface area contributed by atoms with Crippen molar-refractivity contribution in [2.24, 2.45) is 7.05 Å². The van der Waals surface area contributed by atoms with Crippen LogP contribution in [-0.2, 0) is 39.7 Å². The summed E-state index contributed by atoms with van der Waals surface area (Å²) < 4.78 is 40.2. The van der Waals surface area contributed by atoms with Gasteiger partial charge < -0.3 is 18.6 Å². The van der Waals surface area contributed by atoms with E-state index in [1.54, 1.807) is 12.1 Å². The van der Waals surface area contributed by atoms with Gasteiger partial charge >= 0.3 is 0 Å². The van der Waals surface area contributed by atoms with Gasteiger partial charge in [0.2, 0.25) is 15.9 Å². The third-order valence-electron chi connectivity index (χ3n) is 5.44. The number of carbonyl (C=O) groups is 1. The van der Waals surface area contributed by atoms with Crippen molar-refractivity contribution in [1.29, 1.82) is 0 Å². The fourth-order valence-corrected chi connectivity index (χ4v) is 4.92. The van der Waals surface area contributed by atoms with Crippen molar-refractivity contribution in [3.8, 4) is 0 Å². The smallest absolute Gasteiger partial charge is 0.269 e. The van der Waals surface area contributed by atoms with Crippen LogP contribution in [0.3, 0.4) is 0 Å². The van der Waals surface area contributed by atoms with E-state index in [2.05, 4.69) is 0 Å². The molecule has 1 aromatic carbocycles. The predicted molar refractivity (Wildman–Crippen MR) is 127 cm³/mol. The zero-order chi connectivity index (χ0) is 25.4. The van der Waals surface area contributed by atoms with Gasteiger partial charge in [-0.3, -0.25) is 14.9 Å². The molecule has 0 atom stereocenters. The van der Waals surface area contributed by atoms with E-state index in [9.17, 15) is 23.3 Å². The summed E-state index contributed by atoms with van der Waals surface area (Å²) in [5.74, 6) is 0.155. The van der Waals surface area contributed by atoms with Crippen LogP contribution in [0.5, 0.6) is 0 Å². The first-order chi connectivity index (χ1) is 16.7. The number of aromatic nitrogens is 1. The second kappa shape index (κ2) is 11.8. The Hall–Kier alpha value is -3.48. The molecule has 0 spiro atoms. The lowest BCUT2D eigenvalue weighted by atomic mass is 10.3. The molecule has 0 unspecified atom stereocenters. The average molecular weight is 505 g/mol. The maximum atomic E-state index is 13.4. The monoisotopic (exact) mass is 504 g/mol. The molecule has 0 saturated carbocycles. The number of furan rings is 1. The van der Waals surface area contributed by atoms with Crippen LogP contribution in [0, 0.1) is 10.1 Å². The Labute approximate surface area is 203 Å². The Morgan fingerprint density at radius 1 is 1.14 bits per heavy atom. The molecule has 12 heteroatoms. The minimum absolute atomic E-state index is 0.0393. The number of sulfonamides is 1. The molecule has 35 heavy (non-hydrogen) atoms. The highest BCUT2D eigenvalue weighted by molar-refractivity contribution is 7.89. The molecule has 3 rings (SSSR count). The molecule has 2 aromatic heterocycles. The summed E-state index contributed by atoms with van der Waals surface area (Å²) in [6, 6.07) is 11.8. The molecule has 0 aliphatic heterocycles. The molecule has 0 saturated heterocycles. The van der Waals surface area contributed by atoms with E-state index in [0.717, 1.165) is 22.1 Å². The van der Waals surface area contributed by atoms with Crippen molar-refractivity contribution in [3.05, 3.63) is 82.6 Å². The number of nitro groups is 1. The number of ether oxygens (including phenoxy) is 1. The zero-order valence-electron chi connectivity index (χ0n) is 19.6.